The van der Waals surface area contributed by atoms with Gasteiger partial charge in [-0.2, -0.15) is 0 Å². The van der Waals surface area contributed by atoms with Crippen LogP contribution in [0.1, 0.15) is 36.1 Å². The van der Waals surface area contributed by atoms with Crippen LogP contribution in [0, 0.1) is 0 Å². The van der Waals surface area contributed by atoms with E-state index in [4.69, 9.17) is 4.74 Å². The Morgan fingerprint density at radius 2 is 1.13 bits per heavy atom. The monoisotopic (exact) mass is 492 g/mol. The van der Waals surface area contributed by atoms with Gasteiger partial charge in [-0.1, -0.05) is 103 Å². The van der Waals surface area contributed by atoms with Crippen molar-refractivity contribution in [3.63, 3.8) is 0 Å². The smallest absolute Gasteiger partial charge is 0.213 e. The van der Waals surface area contributed by atoms with E-state index in [1.54, 1.807) is 0 Å². The summed E-state index contributed by atoms with van der Waals surface area (Å²) in [5, 5.41) is 0. The first-order valence-electron chi connectivity index (χ1n) is 13.0. The molecule has 2 heteroatoms. The Kier molecular flexibility index (Phi) is 6.23. The summed E-state index contributed by atoms with van der Waals surface area (Å²) in [4.78, 5) is 0. The first kappa shape index (κ1) is 23.7. The lowest BCUT2D eigenvalue weighted by molar-refractivity contribution is -0.395. The van der Waals surface area contributed by atoms with Crippen LogP contribution >= 0.6 is 0 Å². The van der Waals surface area contributed by atoms with Crippen LogP contribution in [0.2, 0.25) is 0 Å². The number of allylic oxidation sites excluding steroid dienone is 6. The van der Waals surface area contributed by atoms with E-state index in [0.29, 0.717) is 0 Å². The third-order valence-corrected chi connectivity index (χ3v) is 7.33. The Balaban J connectivity index is 1.64. The number of fused-ring (bicyclic) bond motifs is 1. The molecule has 0 saturated heterocycles. The molecule has 2 nitrogen and oxygen atoms in total. The average Bonchev–Trinajstić information content (AvgIpc) is 3.30. The van der Waals surface area contributed by atoms with Gasteiger partial charge in [0.1, 0.15) is 18.6 Å². The molecule has 0 radical (unpaired) electrons. The number of hydrogen-bond donors (Lipinski definition) is 0. The SMILES string of the molecule is CC1=C(c2ccccc2)OC(c2ccccc2)=C(C)C1=C/C(=C1/C=[N+](C)c2ccccc21)c1ccccc1. The Morgan fingerprint density at radius 3 is 1.71 bits per heavy atom. The normalized spacial score (nSPS) is 16.2. The lowest BCUT2D eigenvalue weighted by Crippen LogP contribution is -2.08. The molecule has 184 valence electrons. The number of nitrogens with zero attached hydrogens (tertiary/aromatic N) is 1. The lowest BCUT2D eigenvalue weighted by Gasteiger charge is -2.27. The van der Waals surface area contributed by atoms with Crippen molar-refractivity contribution in [1.82, 2.24) is 0 Å². The van der Waals surface area contributed by atoms with Crippen LogP contribution in [0.5, 0.6) is 0 Å². The van der Waals surface area contributed by atoms with Crippen molar-refractivity contribution in [2.24, 2.45) is 0 Å². The highest BCUT2D eigenvalue weighted by atomic mass is 16.5. The van der Waals surface area contributed by atoms with Gasteiger partial charge in [-0.3, -0.25) is 0 Å². The maximum absolute atomic E-state index is 6.69. The van der Waals surface area contributed by atoms with Gasteiger partial charge in [-0.15, -0.1) is 0 Å². The van der Waals surface area contributed by atoms with Crippen molar-refractivity contribution in [2.75, 3.05) is 7.05 Å². The van der Waals surface area contributed by atoms with Gasteiger partial charge in [0.15, 0.2) is 6.21 Å². The van der Waals surface area contributed by atoms with Crippen molar-refractivity contribution >= 4 is 34.6 Å². The quantitative estimate of drug-likeness (QED) is 0.259. The van der Waals surface area contributed by atoms with Crippen molar-refractivity contribution in [1.29, 1.82) is 0 Å². The molecule has 0 amide bonds. The molecule has 0 fully saturated rings. The fraction of sp³-hybridized carbons (Fsp3) is 0.0833. The highest BCUT2D eigenvalue weighted by Crippen LogP contribution is 2.43. The molecule has 2 heterocycles. The van der Waals surface area contributed by atoms with E-state index in [2.05, 4.69) is 141 Å². The van der Waals surface area contributed by atoms with Gasteiger partial charge in [-0.05, 0) is 53.8 Å². The third kappa shape index (κ3) is 4.25. The molecule has 0 saturated carbocycles. The van der Waals surface area contributed by atoms with Crippen molar-refractivity contribution in [2.45, 2.75) is 13.8 Å². The van der Waals surface area contributed by atoms with Gasteiger partial charge < -0.3 is 4.74 Å². The Hall–Kier alpha value is -4.69. The van der Waals surface area contributed by atoms with Crippen LogP contribution in [0.4, 0.5) is 5.69 Å². The minimum absolute atomic E-state index is 0.895. The first-order chi connectivity index (χ1) is 18.6. The molecule has 0 aliphatic carbocycles. The van der Waals surface area contributed by atoms with Crippen LogP contribution in [0.25, 0.3) is 22.7 Å². The minimum Gasteiger partial charge on any atom is -0.456 e. The summed E-state index contributed by atoms with van der Waals surface area (Å²) in [5.41, 5.74) is 11.6. The van der Waals surface area contributed by atoms with Crippen LogP contribution < -0.4 is 0 Å². The Labute approximate surface area is 224 Å². The number of para-hydroxylation sites is 1. The number of hydrogen-bond acceptors (Lipinski definition) is 1. The zero-order valence-corrected chi connectivity index (χ0v) is 22.0. The minimum atomic E-state index is 0.895. The van der Waals surface area contributed by atoms with E-state index in [1.165, 1.54) is 33.5 Å². The average molecular weight is 493 g/mol. The first-order valence-corrected chi connectivity index (χ1v) is 13.0. The van der Waals surface area contributed by atoms with Gasteiger partial charge in [0, 0.05) is 17.2 Å². The molecule has 4 aromatic rings. The summed E-state index contributed by atoms with van der Waals surface area (Å²) in [6.45, 7) is 4.34. The molecule has 0 N–H and O–H groups in total. The van der Waals surface area contributed by atoms with Gasteiger partial charge in [0.05, 0.1) is 11.1 Å². The lowest BCUT2D eigenvalue weighted by atomic mass is 9.87. The molecule has 2 aliphatic rings. The molecular weight excluding hydrogens is 462 g/mol. The summed E-state index contributed by atoms with van der Waals surface area (Å²) < 4.78 is 8.90. The van der Waals surface area contributed by atoms with Crippen LogP contribution in [0.3, 0.4) is 0 Å². The molecule has 0 aromatic heterocycles. The second kappa shape index (κ2) is 9.99. The van der Waals surface area contributed by atoms with Crippen LogP contribution in [-0.2, 0) is 4.74 Å². The van der Waals surface area contributed by atoms with Gasteiger partial charge >= 0.3 is 0 Å². The summed E-state index contributed by atoms with van der Waals surface area (Å²) in [6, 6.07) is 40.1. The Morgan fingerprint density at radius 1 is 0.632 bits per heavy atom. The summed E-state index contributed by atoms with van der Waals surface area (Å²) >= 11 is 0. The molecule has 38 heavy (non-hydrogen) atoms. The largest absolute Gasteiger partial charge is 0.456 e. The molecule has 6 rings (SSSR count). The summed E-state index contributed by atoms with van der Waals surface area (Å²) in [7, 11) is 2.12. The van der Waals surface area contributed by atoms with E-state index in [1.807, 2.05) is 12.1 Å². The van der Waals surface area contributed by atoms with Crippen molar-refractivity contribution in [3.05, 3.63) is 160 Å². The van der Waals surface area contributed by atoms with E-state index in [0.717, 1.165) is 33.8 Å². The van der Waals surface area contributed by atoms with E-state index >= 15 is 0 Å². The van der Waals surface area contributed by atoms with Gasteiger partial charge in [0.2, 0.25) is 5.69 Å². The predicted octanol–water partition coefficient (Wildman–Crippen LogP) is 8.77. The molecule has 0 bridgehead atoms. The highest BCUT2D eigenvalue weighted by Gasteiger charge is 2.28. The van der Waals surface area contributed by atoms with Crippen LogP contribution in [0.15, 0.2) is 138 Å². The fourth-order valence-electron chi connectivity index (χ4n) is 5.36. The van der Waals surface area contributed by atoms with E-state index < -0.39 is 0 Å². The topological polar surface area (TPSA) is 12.2 Å². The second-order valence-electron chi connectivity index (χ2n) is 9.75. The standard InChI is InChI=1S/C36H30NO/c1-25-31(26(2)36(29-19-11-6-12-20-29)38-35(25)28-17-9-5-10-18-28)23-32(27-15-7-4-8-16-27)33-24-37(3)34-22-14-13-21-30(33)34/h4-24H,1-3H3/q+1/b33-32+. The summed E-state index contributed by atoms with van der Waals surface area (Å²) in [5.74, 6) is 1.79. The molecule has 2 aliphatic heterocycles. The molecular formula is C36H30NO+. The van der Waals surface area contributed by atoms with Gasteiger partial charge in [0.25, 0.3) is 0 Å². The maximum atomic E-state index is 6.69. The molecule has 0 atom stereocenters. The van der Waals surface area contributed by atoms with Crippen molar-refractivity contribution < 1.29 is 9.31 Å². The second-order valence-corrected chi connectivity index (χ2v) is 9.75. The highest BCUT2D eigenvalue weighted by molar-refractivity contribution is 6.23. The molecule has 0 unspecified atom stereocenters. The Bertz CT molecular complexity index is 1600. The fourth-order valence-corrected chi connectivity index (χ4v) is 5.36. The van der Waals surface area contributed by atoms with Gasteiger partial charge in [-0.25, -0.2) is 4.58 Å². The molecule has 4 aromatic carbocycles. The zero-order chi connectivity index (χ0) is 26.1. The molecule has 0 spiro atoms. The number of benzene rings is 4. The van der Waals surface area contributed by atoms with E-state index in [-0.39, 0.29) is 0 Å². The predicted molar refractivity (Wildman–Crippen MR) is 159 cm³/mol. The number of rotatable bonds is 4. The number of ether oxygens (including phenoxy) is 1. The third-order valence-electron chi connectivity index (χ3n) is 7.33. The summed E-state index contributed by atoms with van der Waals surface area (Å²) in [6.07, 6.45) is 4.61. The van der Waals surface area contributed by atoms with Crippen molar-refractivity contribution in [3.8, 4) is 0 Å². The zero-order valence-electron chi connectivity index (χ0n) is 22.0. The van der Waals surface area contributed by atoms with Crippen LogP contribution in [-0.4, -0.2) is 17.8 Å². The van der Waals surface area contributed by atoms with E-state index in [9.17, 15) is 0 Å². The maximum Gasteiger partial charge on any atom is 0.213 e.